The lowest BCUT2D eigenvalue weighted by Crippen LogP contribution is -2.25. The maximum absolute atomic E-state index is 13.4. The number of nitrogens with one attached hydrogen (secondary N) is 2. The van der Waals surface area contributed by atoms with E-state index in [1.54, 1.807) is 0 Å². The highest BCUT2D eigenvalue weighted by Gasteiger charge is 2.20. The molecule has 0 radical (unpaired) electrons. The largest absolute Gasteiger partial charge is 0.452 e. The van der Waals surface area contributed by atoms with Crippen molar-refractivity contribution in [3.8, 4) is 0 Å². The van der Waals surface area contributed by atoms with Gasteiger partial charge in [-0.2, -0.15) is 0 Å². The van der Waals surface area contributed by atoms with Gasteiger partial charge in [-0.05, 0) is 42.8 Å². The fourth-order valence-electron chi connectivity index (χ4n) is 2.02. The molecule has 2 aromatic carbocycles. The van der Waals surface area contributed by atoms with Crippen molar-refractivity contribution in [2.45, 2.75) is 11.8 Å². The van der Waals surface area contributed by atoms with Crippen LogP contribution in [0.25, 0.3) is 0 Å². The Hall–Kier alpha value is -2.94. The normalized spacial score (nSPS) is 10.9. The summed E-state index contributed by atoms with van der Waals surface area (Å²) in [6, 6.07) is 9.15. The lowest BCUT2D eigenvalue weighted by Gasteiger charge is -2.12. The van der Waals surface area contributed by atoms with Crippen LogP contribution in [0.3, 0.4) is 0 Å². The maximum atomic E-state index is 13.4. The van der Waals surface area contributed by atoms with Crippen molar-refractivity contribution in [2.24, 2.45) is 0 Å². The number of para-hydroxylation sites is 1. The smallest absolute Gasteiger partial charge is 0.340 e. The van der Waals surface area contributed by atoms with Crippen molar-refractivity contribution in [1.82, 2.24) is 5.32 Å². The lowest BCUT2D eigenvalue weighted by atomic mass is 10.2. The number of ether oxygens (including phenoxy) is 1. The first-order chi connectivity index (χ1) is 12.2. The maximum Gasteiger partial charge on any atom is 0.340 e. The topological polar surface area (TPSA) is 102 Å². The average molecular weight is 380 g/mol. The van der Waals surface area contributed by atoms with Crippen LogP contribution in [0.15, 0.2) is 47.4 Å². The summed E-state index contributed by atoms with van der Waals surface area (Å²) in [6.45, 7) is 0.950. The van der Waals surface area contributed by atoms with E-state index in [2.05, 4.69) is 10.0 Å². The van der Waals surface area contributed by atoms with E-state index in [9.17, 15) is 22.4 Å². The Morgan fingerprint density at radius 1 is 1.15 bits per heavy atom. The van der Waals surface area contributed by atoms with Gasteiger partial charge in [0.25, 0.3) is 15.9 Å². The number of esters is 1. The van der Waals surface area contributed by atoms with E-state index in [0.29, 0.717) is 0 Å². The van der Waals surface area contributed by atoms with Gasteiger partial charge in [0.15, 0.2) is 6.61 Å². The number of rotatable bonds is 6. The molecule has 9 heteroatoms. The van der Waals surface area contributed by atoms with Crippen molar-refractivity contribution in [2.75, 3.05) is 18.4 Å². The molecular formula is C17H17FN2O5S. The Balaban J connectivity index is 2.27. The number of halogens is 1. The summed E-state index contributed by atoms with van der Waals surface area (Å²) in [5.74, 6) is -1.89. The number of aryl methyl sites for hydroxylation is 1. The third-order valence-electron chi connectivity index (χ3n) is 3.44. The second-order valence-electron chi connectivity index (χ2n) is 5.31. The molecule has 0 aliphatic carbocycles. The van der Waals surface area contributed by atoms with Gasteiger partial charge in [-0.1, -0.05) is 12.1 Å². The summed E-state index contributed by atoms with van der Waals surface area (Å²) in [5.41, 5.74) is 0.0985. The Labute approximate surface area is 150 Å². The zero-order valence-electron chi connectivity index (χ0n) is 14.1. The van der Waals surface area contributed by atoms with Gasteiger partial charge in [0, 0.05) is 7.05 Å². The van der Waals surface area contributed by atoms with Crippen LogP contribution in [0.2, 0.25) is 0 Å². The molecule has 7 nitrogen and oxygen atoms in total. The van der Waals surface area contributed by atoms with Crippen molar-refractivity contribution in [3.05, 3.63) is 59.4 Å². The minimum absolute atomic E-state index is 0.0172. The highest BCUT2D eigenvalue weighted by molar-refractivity contribution is 7.92. The molecule has 0 bridgehead atoms. The van der Waals surface area contributed by atoms with Crippen molar-refractivity contribution < 1.29 is 27.1 Å². The minimum atomic E-state index is -4.05. The molecule has 2 aromatic rings. The molecule has 0 aliphatic heterocycles. The van der Waals surface area contributed by atoms with Gasteiger partial charge >= 0.3 is 5.97 Å². The van der Waals surface area contributed by atoms with Crippen LogP contribution in [0.4, 0.5) is 10.1 Å². The Morgan fingerprint density at radius 3 is 2.50 bits per heavy atom. The molecule has 0 saturated heterocycles. The number of carbonyl (C=O) groups excluding carboxylic acids is 2. The predicted octanol–water partition coefficient (Wildman–Crippen LogP) is 1.84. The molecule has 2 N–H and O–H groups in total. The molecule has 0 atom stereocenters. The molecule has 0 aliphatic rings. The average Bonchev–Trinajstić information content (AvgIpc) is 2.61. The predicted molar refractivity (Wildman–Crippen MR) is 92.7 cm³/mol. The van der Waals surface area contributed by atoms with E-state index < -0.39 is 34.3 Å². The summed E-state index contributed by atoms with van der Waals surface area (Å²) in [6.07, 6.45) is 0. The number of anilines is 1. The van der Waals surface area contributed by atoms with E-state index in [-0.39, 0.29) is 21.7 Å². The van der Waals surface area contributed by atoms with E-state index in [1.807, 2.05) is 0 Å². The first-order valence-corrected chi connectivity index (χ1v) is 8.98. The number of carbonyl (C=O) groups is 2. The Kier molecular flexibility index (Phi) is 5.93. The zero-order valence-corrected chi connectivity index (χ0v) is 14.9. The molecule has 138 valence electrons. The van der Waals surface area contributed by atoms with Crippen LogP contribution in [0.1, 0.15) is 15.9 Å². The molecule has 0 heterocycles. The quantitative estimate of drug-likeness (QED) is 0.745. The molecule has 0 unspecified atom stereocenters. The fraction of sp³-hybridized carbons (Fsp3) is 0.176. The van der Waals surface area contributed by atoms with Crippen LogP contribution in [0.5, 0.6) is 0 Å². The van der Waals surface area contributed by atoms with Crippen molar-refractivity contribution >= 4 is 27.6 Å². The lowest BCUT2D eigenvalue weighted by molar-refractivity contribution is -0.123. The van der Waals surface area contributed by atoms with Crippen molar-refractivity contribution in [3.63, 3.8) is 0 Å². The van der Waals surface area contributed by atoms with Gasteiger partial charge in [0.1, 0.15) is 5.82 Å². The van der Waals surface area contributed by atoms with Gasteiger partial charge in [-0.3, -0.25) is 9.52 Å². The fourth-order valence-corrected chi connectivity index (χ4v) is 3.18. The van der Waals surface area contributed by atoms with Crippen LogP contribution in [0, 0.1) is 12.7 Å². The van der Waals surface area contributed by atoms with E-state index in [4.69, 9.17) is 4.74 Å². The molecule has 2 rings (SSSR count). The van der Waals surface area contributed by atoms with Crippen LogP contribution in [-0.4, -0.2) is 33.9 Å². The summed E-state index contributed by atoms with van der Waals surface area (Å²) in [7, 11) is -2.66. The number of hydrogen-bond donors (Lipinski definition) is 2. The number of amides is 1. The molecule has 0 aromatic heterocycles. The summed E-state index contributed by atoms with van der Waals surface area (Å²) >= 11 is 0. The monoisotopic (exact) mass is 380 g/mol. The molecular weight excluding hydrogens is 363 g/mol. The Bertz CT molecular complexity index is 944. The van der Waals surface area contributed by atoms with Crippen molar-refractivity contribution in [1.29, 1.82) is 0 Å². The van der Waals surface area contributed by atoms with E-state index >= 15 is 0 Å². The molecule has 26 heavy (non-hydrogen) atoms. The summed E-state index contributed by atoms with van der Waals surface area (Å²) in [5, 5.41) is 2.30. The van der Waals surface area contributed by atoms with E-state index in [1.165, 1.54) is 44.3 Å². The van der Waals surface area contributed by atoms with Crippen LogP contribution >= 0.6 is 0 Å². The molecule has 0 fully saturated rings. The highest BCUT2D eigenvalue weighted by Crippen LogP contribution is 2.22. The first kappa shape index (κ1) is 19.4. The first-order valence-electron chi connectivity index (χ1n) is 7.50. The number of hydrogen-bond acceptors (Lipinski definition) is 5. The third kappa shape index (κ3) is 4.57. The van der Waals surface area contributed by atoms with E-state index in [0.717, 1.165) is 12.1 Å². The third-order valence-corrected chi connectivity index (χ3v) is 4.81. The van der Waals surface area contributed by atoms with Crippen LogP contribution < -0.4 is 10.0 Å². The summed E-state index contributed by atoms with van der Waals surface area (Å²) < 4.78 is 45.5. The second kappa shape index (κ2) is 7.96. The second-order valence-corrected chi connectivity index (χ2v) is 6.99. The Morgan fingerprint density at radius 2 is 1.85 bits per heavy atom. The highest BCUT2D eigenvalue weighted by atomic mass is 32.2. The number of benzene rings is 2. The molecule has 1 amide bonds. The van der Waals surface area contributed by atoms with Gasteiger partial charge in [-0.25, -0.2) is 17.6 Å². The number of likely N-dealkylation sites (N-methyl/N-ethyl adjacent to an activating group) is 1. The molecule has 0 saturated carbocycles. The van der Waals surface area contributed by atoms with Gasteiger partial charge in [0.05, 0.1) is 16.1 Å². The standard InChI is InChI=1S/C17H17FN2O5S/c1-11-9-12(7-8-14(11)18)26(23,24)20-15-6-4-3-5-13(15)17(22)25-10-16(21)19-2/h3-9,20H,10H2,1-2H3,(H,19,21). The summed E-state index contributed by atoms with van der Waals surface area (Å²) in [4.78, 5) is 23.1. The van der Waals surface area contributed by atoms with Crippen LogP contribution in [-0.2, 0) is 19.6 Å². The van der Waals surface area contributed by atoms with Gasteiger partial charge < -0.3 is 10.1 Å². The number of sulfonamides is 1. The van der Waals surface area contributed by atoms with Gasteiger partial charge in [-0.15, -0.1) is 0 Å². The molecule has 0 spiro atoms. The zero-order chi connectivity index (χ0) is 19.3. The van der Waals surface area contributed by atoms with Gasteiger partial charge in [0.2, 0.25) is 0 Å². The SMILES string of the molecule is CNC(=O)COC(=O)c1ccccc1NS(=O)(=O)c1ccc(F)c(C)c1. The minimum Gasteiger partial charge on any atom is -0.452 e.